The summed E-state index contributed by atoms with van der Waals surface area (Å²) in [5, 5.41) is 0. The quantitative estimate of drug-likeness (QED) is 0.582. The molecule has 0 amide bonds. The predicted octanol–water partition coefficient (Wildman–Crippen LogP) is 5.97. The number of rotatable bonds is 5. The summed E-state index contributed by atoms with van der Waals surface area (Å²) >= 11 is 0. The molecule has 0 nitrogen and oxygen atoms in total. The van der Waals surface area contributed by atoms with E-state index in [4.69, 9.17) is 0 Å². The molecule has 2 aromatic rings. The molecular formula is C20H22. The smallest absolute Gasteiger partial charge is 0.0225 e. The van der Waals surface area contributed by atoms with Gasteiger partial charge in [0.25, 0.3) is 0 Å². The highest BCUT2D eigenvalue weighted by Gasteiger charge is 2.01. The lowest BCUT2D eigenvalue weighted by Gasteiger charge is -2.08. The zero-order valence-electron chi connectivity index (χ0n) is 12.3. The van der Waals surface area contributed by atoms with E-state index < -0.39 is 0 Å². The molecule has 0 aromatic heterocycles. The molecule has 0 saturated carbocycles. The molecule has 20 heavy (non-hydrogen) atoms. The highest BCUT2D eigenvalue weighted by molar-refractivity contribution is 5.71. The lowest BCUT2D eigenvalue weighted by molar-refractivity contribution is 0.928. The van der Waals surface area contributed by atoms with Crippen LogP contribution in [-0.4, -0.2) is 0 Å². The Morgan fingerprint density at radius 1 is 0.900 bits per heavy atom. The molecule has 2 rings (SSSR count). The van der Waals surface area contributed by atoms with E-state index in [1.807, 2.05) is 0 Å². The molecule has 0 bridgehead atoms. The van der Waals surface area contributed by atoms with Crippen LogP contribution in [0.25, 0.3) is 11.6 Å². The molecule has 0 aliphatic rings. The summed E-state index contributed by atoms with van der Waals surface area (Å²) in [6, 6.07) is 21.1. The Kier molecular flexibility index (Phi) is 5.37. The van der Waals surface area contributed by atoms with Crippen LogP contribution >= 0.6 is 0 Å². The molecule has 0 atom stereocenters. The van der Waals surface area contributed by atoms with Crippen molar-refractivity contribution in [2.75, 3.05) is 0 Å². The first-order valence-electron chi connectivity index (χ1n) is 7.29. The minimum atomic E-state index is 1.12. The minimum Gasteiger partial charge on any atom is -0.0651 e. The number of hydrogen-bond acceptors (Lipinski definition) is 0. The van der Waals surface area contributed by atoms with Crippen LogP contribution in [0.5, 0.6) is 0 Å². The molecule has 0 unspecified atom stereocenters. The third-order valence-electron chi connectivity index (χ3n) is 3.48. The molecule has 0 heterocycles. The van der Waals surface area contributed by atoms with Gasteiger partial charge in [0.05, 0.1) is 0 Å². The Morgan fingerprint density at radius 3 is 2.10 bits per heavy atom. The fraction of sp³-hybridized carbons (Fsp3) is 0.200. The van der Waals surface area contributed by atoms with E-state index in [0.717, 1.165) is 6.42 Å². The largest absolute Gasteiger partial charge is 0.0651 e. The van der Waals surface area contributed by atoms with Crippen LogP contribution in [0.15, 0.2) is 72.3 Å². The first kappa shape index (κ1) is 14.3. The van der Waals surface area contributed by atoms with Crippen molar-refractivity contribution >= 4 is 11.6 Å². The van der Waals surface area contributed by atoms with Crippen LogP contribution < -0.4 is 0 Å². The van der Waals surface area contributed by atoms with Gasteiger partial charge in [-0.05, 0) is 35.6 Å². The summed E-state index contributed by atoms with van der Waals surface area (Å²) in [7, 11) is 0. The molecule has 0 aliphatic heterocycles. The molecule has 2 aromatic carbocycles. The third kappa shape index (κ3) is 3.96. The van der Waals surface area contributed by atoms with Gasteiger partial charge in [-0.25, -0.2) is 0 Å². The fourth-order valence-electron chi connectivity index (χ4n) is 2.30. The normalized spacial score (nSPS) is 12.5. The van der Waals surface area contributed by atoms with E-state index in [1.54, 1.807) is 0 Å². The Morgan fingerprint density at radius 2 is 1.50 bits per heavy atom. The standard InChI is InChI=1S/C20H22/c1-3-10-19(16-15-18-11-6-4-7-12-18)17(2)20-13-8-5-9-14-20/h4-9,11-16H,3,10H2,1-2H3. The van der Waals surface area contributed by atoms with Crippen molar-refractivity contribution in [2.45, 2.75) is 26.7 Å². The molecule has 0 N–H and O–H groups in total. The second-order valence-corrected chi connectivity index (χ2v) is 5.01. The van der Waals surface area contributed by atoms with Crippen LogP contribution in [0.1, 0.15) is 37.8 Å². The number of benzene rings is 2. The summed E-state index contributed by atoms with van der Waals surface area (Å²) in [5.74, 6) is 0. The van der Waals surface area contributed by atoms with Crippen LogP contribution in [0.2, 0.25) is 0 Å². The van der Waals surface area contributed by atoms with Crippen LogP contribution in [0.4, 0.5) is 0 Å². The van der Waals surface area contributed by atoms with E-state index in [1.165, 1.54) is 28.7 Å². The van der Waals surface area contributed by atoms with E-state index in [2.05, 4.69) is 86.7 Å². The van der Waals surface area contributed by atoms with E-state index in [9.17, 15) is 0 Å². The van der Waals surface area contributed by atoms with Crippen molar-refractivity contribution in [3.63, 3.8) is 0 Å². The second kappa shape index (κ2) is 7.49. The average molecular weight is 262 g/mol. The summed E-state index contributed by atoms with van der Waals surface area (Å²) in [6.45, 7) is 4.45. The monoisotopic (exact) mass is 262 g/mol. The summed E-state index contributed by atoms with van der Waals surface area (Å²) in [4.78, 5) is 0. The second-order valence-electron chi connectivity index (χ2n) is 5.01. The van der Waals surface area contributed by atoms with Gasteiger partial charge in [0.15, 0.2) is 0 Å². The van der Waals surface area contributed by atoms with Gasteiger partial charge >= 0.3 is 0 Å². The third-order valence-corrected chi connectivity index (χ3v) is 3.48. The Balaban J connectivity index is 2.29. The average Bonchev–Trinajstić information content (AvgIpc) is 2.52. The number of hydrogen-bond donors (Lipinski definition) is 0. The van der Waals surface area contributed by atoms with Gasteiger partial charge in [-0.15, -0.1) is 0 Å². The van der Waals surface area contributed by atoms with E-state index in [-0.39, 0.29) is 0 Å². The summed E-state index contributed by atoms with van der Waals surface area (Å²) in [6.07, 6.45) is 6.75. The molecular weight excluding hydrogens is 240 g/mol. The lowest BCUT2D eigenvalue weighted by atomic mass is 9.97. The maximum absolute atomic E-state index is 2.27. The van der Waals surface area contributed by atoms with E-state index in [0.29, 0.717) is 0 Å². The first-order chi connectivity index (χ1) is 9.81. The molecule has 0 fully saturated rings. The first-order valence-corrected chi connectivity index (χ1v) is 7.29. The van der Waals surface area contributed by atoms with E-state index >= 15 is 0 Å². The van der Waals surface area contributed by atoms with Crippen molar-refractivity contribution in [3.8, 4) is 0 Å². The van der Waals surface area contributed by atoms with Crippen molar-refractivity contribution < 1.29 is 0 Å². The maximum Gasteiger partial charge on any atom is -0.0225 e. The molecule has 0 radical (unpaired) electrons. The van der Waals surface area contributed by atoms with Crippen LogP contribution in [0, 0.1) is 0 Å². The highest BCUT2D eigenvalue weighted by atomic mass is 14.1. The predicted molar refractivity (Wildman–Crippen MR) is 89.4 cm³/mol. The summed E-state index contributed by atoms with van der Waals surface area (Å²) in [5.41, 5.74) is 5.36. The maximum atomic E-state index is 2.27. The van der Waals surface area contributed by atoms with Gasteiger partial charge in [-0.1, -0.05) is 86.2 Å². The van der Waals surface area contributed by atoms with Crippen molar-refractivity contribution in [1.82, 2.24) is 0 Å². The van der Waals surface area contributed by atoms with Crippen molar-refractivity contribution in [1.29, 1.82) is 0 Å². The Labute approximate surface area is 122 Å². The van der Waals surface area contributed by atoms with Crippen molar-refractivity contribution in [2.24, 2.45) is 0 Å². The Hall–Kier alpha value is -2.08. The molecule has 0 heteroatoms. The minimum absolute atomic E-state index is 1.12. The lowest BCUT2D eigenvalue weighted by Crippen LogP contribution is -1.87. The van der Waals surface area contributed by atoms with Crippen LogP contribution in [-0.2, 0) is 0 Å². The molecule has 102 valence electrons. The molecule has 0 saturated heterocycles. The zero-order valence-corrected chi connectivity index (χ0v) is 12.3. The number of allylic oxidation sites excluding steroid dienone is 3. The highest BCUT2D eigenvalue weighted by Crippen LogP contribution is 2.23. The zero-order chi connectivity index (χ0) is 14.2. The van der Waals surface area contributed by atoms with Gasteiger partial charge in [-0.2, -0.15) is 0 Å². The van der Waals surface area contributed by atoms with Gasteiger partial charge in [0.1, 0.15) is 0 Å². The molecule has 0 spiro atoms. The van der Waals surface area contributed by atoms with Crippen LogP contribution in [0.3, 0.4) is 0 Å². The summed E-state index contributed by atoms with van der Waals surface area (Å²) < 4.78 is 0. The van der Waals surface area contributed by atoms with Gasteiger partial charge in [0.2, 0.25) is 0 Å². The molecule has 0 aliphatic carbocycles. The Bertz CT molecular complexity index is 574. The topological polar surface area (TPSA) is 0 Å². The SMILES string of the molecule is CCCC(C=Cc1ccccc1)=C(C)c1ccccc1. The fourth-order valence-corrected chi connectivity index (χ4v) is 2.30. The van der Waals surface area contributed by atoms with Gasteiger partial charge in [0, 0.05) is 0 Å². The van der Waals surface area contributed by atoms with Gasteiger partial charge < -0.3 is 0 Å². The van der Waals surface area contributed by atoms with Crippen molar-refractivity contribution in [3.05, 3.63) is 83.4 Å². The van der Waals surface area contributed by atoms with Gasteiger partial charge in [-0.3, -0.25) is 0 Å².